The molecular weight excluding hydrogens is 275 g/mol. The van der Waals surface area contributed by atoms with E-state index in [-0.39, 0.29) is 17.9 Å². The zero-order valence-electron chi connectivity index (χ0n) is 9.87. The fourth-order valence-electron chi connectivity index (χ4n) is 1.96. The highest BCUT2D eigenvalue weighted by Gasteiger charge is 2.32. The molecule has 2 rings (SSSR count). The summed E-state index contributed by atoms with van der Waals surface area (Å²) in [5, 5.41) is 6.85. The number of carbonyl (C=O) groups excluding carboxylic acids is 1. The van der Waals surface area contributed by atoms with Gasteiger partial charge < -0.3 is 15.4 Å². The van der Waals surface area contributed by atoms with E-state index in [4.69, 9.17) is 27.9 Å². The minimum absolute atomic E-state index is 0.0413. The van der Waals surface area contributed by atoms with Gasteiger partial charge in [0.25, 0.3) is 0 Å². The number of rotatable bonds is 3. The molecule has 2 unspecified atom stereocenters. The van der Waals surface area contributed by atoms with E-state index >= 15 is 0 Å². The summed E-state index contributed by atoms with van der Waals surface area (Å²) in [6.45, 7) is 0.969. The second-order valence-electron chi connectivity index (χ2n) is 4.19. The van der Waals surface area contributed by atoms with Gasteiger partial charge in [0.15, 0.2) is 0 Å². The van der Waals surface area contributed by atoms with Gasteiger partial charge in [-0.05, 0) is 25.2 Å². The predicted molar refractivity (Wildman–Crippen MR) is 72.2 cm³/mol. The Hall–Kier alpha value is -0.810. The Morgan fingerprint density at radius 3 is 2.56 bits per heavy atom. The van der Waals surface area contributed by atoms with Crippen LogP contribution in [-0.2, 0) is 9.53 Å². The van der Waals surface area contributed by atoms with Gasteiger partial charge in [-0.2, -0.15) is 0 Å². The third kappa shape index (κ3) is 3.14. The molecule has 2 atom stereocenters. The van der Waals surface area contributed by atoms with Crippen LogP contribution in [0.15, 0.2) is 18.2 Å². The van der Waals surface area contributed by atoms with Crippen LogP contribution in [0.5, 0.6) is 0 Å². The molecule has 1 fully saturated rings. The molecule has 1 amide bonds. The topological polar surface area (TPSA) is 50.4 Å². The molecule has 1 aromatic carbocycles. The molecule has 0 radical (unpaired) electrons. The number of halogens is 2. The summed E-state index contributed by atoms with van der Waals surface area (Å²) in [4.78, 5) is 12.1. The van der Waals surface area contributed by atoms with Crippen LogP contribution in [-0.4, -0.2) is 32.2 Å². The van der Waals surface area contributed by atoms with Gasteiger partial charge in [-0.1, -0.05) is 23.2 Å². The maximum Gasteiger partial charge on any atom is 0.231 e. The van der Waals surface area contributed by atoms with E-state index in [0.29, 0.717) is 28.9 Å². The monoisotopic (exact) mass is 288 g/mol. The molecule has 0 spiro atoms. The van der Waals surface area contributed by atoms with E-state index in [9.17, 15) is 4.79 Å². The number of hydrogen-bond donors (Lipinski definition) is 2. The largest absolute Gasteiger partial charge is 0.379 e. The Balaban J connectivity index is 2.06. The van der Waals surface area contributed by atoms with Crippen molar-refractivity contribution >= 4 is 34.8 Å². The number of likely N-dealkylation sites (N-methyl/N-ethyl adjacent to an activating group) is 1. The summed E-state index contributed by atoms with van der Waals surface area (Å²) in [6.07, 6.45) is 0. The summed E-state index contributed by atoms with van der Waals surface area (Å²) in [6, 6.07) is 4.98. The lowest BCUT2D eigenvalue weighted by Gasteiger charge is -2.16. The summed E-state index contributed by atoms with van der Waals surface area (Å²) < 4.78 is 5.29. The van der Waals surface area contributed by atoms with Crippen molar-refractivity contribution in [2.24, 2.45) is 5.92 Å². The van der Waals surface area contributed by atoms with E-state index in [1.807, 2.05) is 7.05 Å². The Morgan fingerprint density at radius 1 is 1.28 bits per heavy atom. The number of benzene rings is 1. The third-order valence-corrected chi connectivity index (χ3v) is 3.35. The highest BCUT2D eigenvalue weighted by Crippen LogP contribution is 2.23. The van der Waals surface area contributed by atoms with Crippen LogP contribution < -0.4 is 10.6 Å². The molecule has 0 aliphatic carbocycles. The van der Waals surface area contributed by atoms with Gasteiger partial charge in [0.05, 0.1) is 19.1 Å². The quantitative estimate of drug-likeness (QED) is 0.896. The Morgan fingerprint density at radius 2 is 1.94 bits per heavy atom. The van der Waals surface area contributed by atoms with Gasteiger partial charge in [-0.3, -0.25) is 4.79 Å². The first-order valence-electron chi connectivity index (χ1n) is 5.62. The Labute approximate surface area is 116 Å². The van der Waals surface area contributed by atoms with Gasteiger partial charge in [0.2, 0.25) is 5.91 Å². The summed E-state index contributed by atoms with van der Waals surface area (Å²) in [5.74, 6) is -0.294. The zero-order chi connectivity index (χ0) is 13.1. The molecule has 1 saturated heterocycles. The Kier molecular flexibility index (Phi) is 4.45. The highest BCUT2D eigenvalue weighted by atomic mass is 35.5. The molecule has 98 valence electrons. The second-order valence-corrected chi connectivity index (χ2v) is 5.06. The molecule has 18 heavy (non-hydrogen) atoms. The SMILES string of the molecule is CNC1COCC1C(=O)Nc1cc(Cl)cc(Cl)c1. The van der Waals surface area contributed by atoms with Crippen molar-refractivity contribution in [3.63, 3.8) is 0 Å². The fraction of sp³-hybridized carbons (Fsp3) is 0.417. The molecule has 0 bridgehead atoms. The first kappa shape index (κ1) is 13.6. The molecule has 0 aromatic heterocycles. The Bertz CT molecular complexity index is 433. The van der Waals surface area contributed by atoms with E-state index in [2.05, 4.69) is 10.6 Å². The second kappa shape index (κ2) is 5.89. The molecule has 1 heterocycles. The summed E-state index contributed by atoms with van der Waals surface area (Å²) in [7, 11) is 1.82. The summed E-state index contributed by atoms with van der Waals surface area (Å²) >= 11 is 11.8. The van der Waals surface area contributed by atoms with E-state index in [0.717, 1.165) is 0 Å². The van der Waals surface area contributed by atoms with Crippen LogP contribution in [0.3, 0.4) is 0 Å². The molecule has 0 saturated carbocycles. The van der Waals surface area contributed by atoms with Gasteiger partial charge in [-0.25, -0.2) is 0 Å². The van der Waals surface area contributed by atoms with Crippen molar-refractivity contribution in [2.75, 3.05) is 25.6 Å². The van der Waals surface area contributed by atoms with Gasteiger partial charge in [-0.15, -0.1) is 0 Å². The normalized spacial score (nSPS) is 23.1. The minimum Gasteiger partial charge on any atom is -0.379 e. The smallest absolute Gasteiger partial charge is 0.231 e. The fourth-order valence-corrected chi connectivity index (χ4v) is 2.48. The van der Waals surface area contributed by atoms with E-state index in [1.54, 1.807) is 18.2 Å². The van der Waals surface area contributed by atoms with Crippen molar-refractivity contribution < 1.29 is 9.53 Å². The average Bonchev–Trinajstić information content (AvgIpc) is 2.75. The molecular formula is C12H14Cl2N2O2. The van der Waals surface area contributed by atoms with Crippen LogP contribution in [0.1, 0.15) is 0 Å². The van der Waals surface area contributed by atoms with Crippen LogP contribution >= 0.6 is 23.2 Å². The maximum atomic E-state index is 12.1. The third-order valence-electron chi connectivity index (χ3n) is 2.92. The zero-order valence-corrected chi connectivity index (χ0v) is 11.4. The average molecular weight is 289 g/mol. The van der Waals surface area contributed by atoms with Crippen LogP contribution in [0.25, 0.3) is 0 Å². The van der Waals surface area contributed by atoms with Crippen molar-refractivity contribution in [3.8, 4) is 0 Å². The molecule has 1 aromatic rings. The van der Waals surface area contributed by atoms with Crippen molar-refractivity contribution in [3.05, 3.63) is 28.2 Å². The number of hydrogen-bond acceptors (Lipinski definition) is 3. The number of ether oxygens (including phenoxy) is 1. The minimum atomic E-state index is -0.201. The standard InChI is InChI=1S/C12H14Cl2N2O2/c1-15-11-6-18-5-10(11)12(17)16-9-3-7(13)2-8(14)4-9/h2-4,10-11,15H,5-6H2,1H3,(H,16,17). The first-order chi connectivity index (χ1) is 8.60. The van der Waals surface area contributed by atoms with E-state index in [1.165, 1.54) is 0 Å². The highest BCUT2D eigenvalue weighted by molar-refractivity contribution is 6.35. The van der Waals surface area contributed by atoms with Crippen LogP contribution in [0.2, 0.25) is 10.0 Å². The summed E-state index contributed by atoms with van der Waals surface area (Å²) in [5.41, 5.74) is 0.597. The lowest BCUT2D eigenvalue weighted by Crippen LogP contribution is -2.39. The molecule has 1 aliphatic rings. The number of carbonyl (C=O) groups is 1. The van der Waals surface area contributed by atoms with Crippen LogP contribution in [0.4, 0.5) is 5.69 Å². The number of amides is 1. The lowest BCUT2D eigenvalue weighted by atomic mass is 10.0. The number of nitrogens with one attached hydrogen (secondary N) is 2. The molecule has 4 nitrogen and oxygen atoms in total. The molecule has 1 aliphatic heterocycles. The first-order valence-corrected chi connectivity index (χ1v) is 6.37. The van der Waals surface area contributed by atoms with Crippen molar-refractivity contribution in [2.45, 2.75) is 6.04 Å². The van der Waals surface area contributed by atoms with E-state index < -0.39 is 0 Å². The van der Waals surface area contributed by atoms with Gasteiger partial charge in [0, 0.05) is 21.8 Å². The lowest BCUT2D eigenvalue weighted by molar-refractivity contribution is -0.120. The molecule has 6 heteroatoms. The molecule has 2 N–H and O–H groups in total. The van der Waals surface area contributed by atoms with Gasteiger partial charge >= 0.3 is 0 Å². The van der Waals surface area contributed by atoms with Crippen LogP contribution in [0, 0.1) is 5.92 Å². The van der Waals surface area contributed by atoms with Crippen molar-refractivity contribution in [1.82, 2.24) is 5.32 Å². The van der Waals surface area contributed by atoms with Gasteiger partial charge in [0.1, 0.15) is 0 Å². The predicted octanol–water partition coefficient (Wildman–Crippen LogP) is 2.17. The maximum absolute atomic E-state index is 12.1. The van der Waals surface area contributed by atoms with Crippen molar-refractivity contribution in [1.29, 1.82) is 0 Å². The number of anilines is 1.